The van der Waals surface area contributed by atoms with Crippen molar-refractivity contribution in [1.82, 2.24) is 29.9 Å². The highest BCUT2D eigenvalue weighted by Crippen LogP contribution is 2.23. The molecule has 0 spiro atoms. The van der Waals surface area contributed by atoms with E-state index >= 15 is 0 Å². The molecule has 2 N–H and O–H groups in total. The van der Waals surface area contributed by atoms with E-state index in [2.05, 4.69) is 30.5 Å². The summed E-state index contributed by atoms with van der Waals surface area (Å²) in [7, 11) is 0. The summed E-state index contributed by atoms with van der Waals surface area (Å²) in [6.45, 7) is 6.04. The van der Waals surface area contributed by atoms with Crippen molar-refractivity contribution in [2.45, 2.75) is 45.4 Å². The Balaban J connectivity index is 1.44. The third-order valence-corrected chi connectivity index (χ3v) is 4.71. The number of H-pyrrole nitrogens is 1. The minimum Gasteiger partial charge on any atom is -0.339 e. The Morgan fingerprint density at radius 1 is 1.26 bits per heavy atom. The van der Waals surface area contributed by atoms with Gasteiger partial charge in [-0.25, -0.2) is 9.67 Å². The number of rotatable bonds is 6. The minimum absolute atomic E-state index is 0.148. The highest BCUT2D eigenvalue weighted by Gasteiger charge is 2.21. The van der Waals surface area contributed by atoms with Crippen LogP contribution in [0.2, 0.25) is 0 Å². The fourth-order valence-electron chi connectivity index (χ4n) is 3.07. The van der Waals surface area contributed by atoms with Crippen LogP contribution in [-0.4, -0.2) is 35.8 Å². The summed E-state index contributed by atoms with van der Waals surface area (Å²) in [5.41, 5.74) is 1.16. The molecule has 0 saturated carbocycles. The van der Waals surface area contributed by atoms with Gasteiger partial charge in [-0.1, -0.05) is 38.1 Å². The van der Waals surface area contributed by atoms with Crippen molar-refractivity contribution in [3.63, 3.8) is 0 Å². The van der Waals surface area contributed by atoms with Gasteiger partial charge in [-0.05, 0) is 18.6 Å². The van der Waals surface area contributed by atoms with Gasteiger partial charge in [-0.3, -0.25) is 9.59 Å². The number of carbonyl (C=O) groups is 1. The first-order chi connectivity index (χ1) is 14.8. The lowest BCUT2D eigenvalue weighted by molar-refractivity contribution is -0.116. The molecule has 0 radical (unpaired) electrons. The van der Waals surface area contributed by atoms with E-state index in [9.17, 15) is 9.59 Å². The topological polar surface area (TPSA) is 132 Å². The standard InChI is InChI=1S/C21H23N7O3/c1-21(2,3)20-26-17(31-27-20)10-6-9-16(29)25-14-7-4-5-8-15(14)28-18-13(11-24-28)19(30)23-12-22-18/h4-5,7-8,11-12H,6,9-10H2,1-3H3,(H,25,29)(H,22,23,30). The van der Waals surface area contributed by atoms with Crippen LogP contribution in [0.3, 0.4) is 0 Å². The summed E-state index contributed by atoms with van der Waals surface area (Å²) in [5.74, 6) is 1.03. The van der Waals surface area contributed by atoms with Crippen LogP contribution in [0.25, 0.3) is 16.7 Å². The van der Waals surface area contributed by atoms with Gasteiger partial charge in [0.1, 0.15) is 5.39 Å². The summed E-state index contributed by atoms with van der Waals surface area (Å²) in [6, 6.07) is 7.23. The van der Waals surface area contributed by atoms with E-state index in [1.165, 1.54) is 17.2 Å². The maximum absolute atomic E-state index is 12.5. The monoisotopic (exact) mass is 421 g/mol. The van der Waals surface area contributed by atoms with Gasteiger partial charge in [-0.15, -0.1) is 0 Å². The number of amides is 1. The molecule has 1 amide bonds. The lowest BCUT2D eigenvalue weighted by Crippen LogP contribution is -2.14. The maximum atomic E-state index is 12.5. The van der Waals surface area contributed by atoms with Crippen LogP contribution in [0.1, 0.15) is 45.3 Å². The molecule has 3 heterocycles. The Labute approximate surface area is 177 Å². The van der Waals surface area contributed by atoms with E-state index < -0.39 is 0 Å². The van der Waals surface area contributed by atoms with Crippen LogP contribution in [0.4, 0.5) is 5.69 Å². The summed E-state index contributed by atoms with van der Waals surface area (Å²) >= 11 is 0. The Morgan fingerprint density at radius 2 is 2.06 bits per heavy atom. The highest BCUT2D eigenvalue weighted by molar-refractivity contribution is 5.93. The molecule has 1 aromatic carbocycles. The van der Waals surface area contributed by atoms with E-state index in [0.717, 1.165) is 0 Å². The van der Waals surface area contributed by atoms with Gasteiger partial charge in [0.15, 0.2) is 11.5 Å². The van der Waals surface area contributed by atoms with Crippen molar-refractivity contribution < 1.29 is 9.32 Å². The molecule has 4 rings (SSSR count). The van der Waals surface area contributed by atoms with Gasteiger partial charge in [0.2, 0.25) is 11.8 Å². The number of benzene rings is 1. The van der Waals surface area contributed by atoms with Crippen LogP contribution in [-0.2, 0) is 16.6 Å². The quantitative estimate of drug-likeness (QED) is 0.489. The second kappa shape index (κ2) is 8.13. The van der Waals surface area contributed by atoms with E-state index in [-0.39, 0.29) is 16.9 Å². The fourth-order valence-corrected chi connectivity index (χ4v) is 3.07. The Morgan fingerprint density at radius 3 is 2.84 bits per heavy atom. The smallest absolute Gasteiger partial charge is 0.261 e. The second-order valence-electron chi connectivity index (χ2n) is 8.21. The van der Waals surface area contributed by atoms with E-state index in [0.29, 0.717) is 53.4 Å². The van der Waals surface area contributed by atoms with E-state index in [4.69, 9.17) is 4.52 Å². The van der Waals surface area contributed by atoms with Crippen molar-refractivity contribution in [2.75, 3.05) is 5.32 Å². The third kappa shape index (κ3) is 4.37. The SMILES string of the molecule is CC(C)(C)c1noc(CCCC(=O)Nc2ccccc2-n2ncc3c(=O)[nH]cnc32)n1. The number of carbonyl (C=O) groups excluding carboxylic acids is 1. The van der Waals surface area contributed by atoms with Gasteiger partial charge in [-0.2, -0.15) is 10.1 Å². The summed E-state index contributed by atoms with van der Waals surface area (Å²) in [6.07, 6.45) is 4.16. The maximum Gasteiger partial charge on any atom is 0.261 e. The molecule has 0 aliphatic carbocycles. The summed E-state index contributed by atoms with van der Waals surface area (Å²) < 4.78 is 6.80. The van der Waals surface area contributed by atoms with Crippen molar-refractivity contribution in [3.05, 3.63) is 58.9 Å². The minimum atomic E-state index is -0.270. The van der Waals surface area contributed by atoms with Crippen LogP contribution < -0.4 is 10.9 Å². The van der Waals surface area contributed by atoms with Crippen LogP contribution in [0.15, 0.2) is 46.1 Å². The van der Waals surface area contributed by atoms with E-state index in [1.807, 2.05) is 32.9 Å². The lowest BCUT2D eigenvalue weighted by atomic mass is 9.96. The van der Waals surface area contributed by atoms with Crippen molar-refractivity contribution >= 4 is 22.6 Å². The zero-order chi connectivity index (χ0) is 22.0. The van der Waals surface area contributed by atoms with Gasteiger partial charge < -0.3 is 14.8 Å². The molecule has 10 nitrogen and oxygen atoms in total. The van der Waals surface area contributed by atoms with Gasteiger partial charge in [0.05, 0.1) is 23.9 Å². The molecule has 0 unspecified atom stereocenters. The molecule has 0 aliphatic heterocycles. The summed E-state index contributed by atoms with van der Waals surface area (Å²) in [4.78, 5) is 35.6. The number of nitrogens with zero attached hydrogens (tertiary/aromatic N) is 5. The summed E-state index contributed by atoms with van der Waals surface area (Å²) in [5, 5.41) is 11.6. The van der Waals surface area contributed by atoms with Gasteiger partial charge >= 0.3 is 0 Å². The molecule has 0 atom stereocenters. The molecule has 10 heteroatoms. The third-order valence-electron chi connectivity index (χ3n) is 4.71. The zero-order valence-electron chi connectivity index (χ0n) is 17.5. The number of hydrogen-bond donors (Lipinski definition) is 2. The van der Waals surface area contributed by atoms with E-state index in [1.54, 1.807) is 12.1 Å². The van der Waals surface area contributed by atoms with Crippen LogP contribution in [0.5, 0.6) is 0 Å². The highest BCUT2D eigenvalue weighted by atomic mass is 16.5. The predicted octanol–water partition coefficient (Wildman–Crippen LogP) is 2.75. The average molecular weight is 421 g/mol. The molecule has 31 heavy (non-hydrogen) atoms. The molecule has 0 aliphatic rings. The predicted molar refractivity (Wildman–Crippen MR) is 114 cm³/mol. The van der Waals surface area contributed by atoms with Gasteiger partial charge in [0.25, 0.3) is 5.56 Å². The first-order valence-electron chi connectivity index (χ1n) is 9.96. The van der Waals surface area contributed by atoms with Crippen molar-refractivity contribution in [3.8, 4) is 5.69 Å². The Kier molecular flexibility index (Phi) is 5.37. The first kappa shape index (κ1) is 20.5. The van der Waals surface area contributed by atoms with Crippen molar-refractivity contribution in [2.24, 2.45) is 0 Å². The Bertz CT molecular complexity index is 1280. The van der Waals surface area contributed by atoms with Crippen LogP contribution >= 0.6 is 0 Å². The number of fused-ring (bicyclic) bond motifs is 1. The first-order valence-corrected chi connectivity index (χ1v) is 9.96. The average Bonchev–Trinajstić information content (AvgIpc) is 3.36. The number of anilines is 1. The largest absolute Gasteiger partial charge is 0.339 e. The number of para-hydroxylation sites is 2. The fraction of sp³-hybridized carbons (Fsp3) is 0.333. The normalized spacial score (nSPS) is 11.7. The Hall–Kier alpha value is -3.82. The van der Waals surface area contributed by atoms with Gasteiger partial charge in [0, 0.05) is 18.3 Å². The number of aromatic amines is 1. The molecular formula is C21H23N7O3. The molecule has 3 aromatic heterocycles. The zero-order valence-corrected chi connectivity index (χ0v) is 17.5. The number of aryl methyl sites for hydroxylation is 1. The molecule has 0 bridgehead atoms. The molecule has 160 valence electrons. The molecular weight excluding hydrogens is 398 g/mol. The van der Waals surface area contributed by atoms with Crippen molar-refractivity contribution in [1.29, 1.82) is 0 Å². The molecule has 4 aromatic rings. The number of hydrogen-bond acceptors (Lipinski definition) is 7. The number of nitrogens with one attached hydrogen (secondary N) is 2. The molecule has 0 fully saturated rings. The van der Waals surface area contributed by atoms with Crippen LogP contribution in [0, 0.1) is 0 Å². The number of aromatic nitrogens is 6. The molecule has 0 saturated heterocycles. The second-order valence-corrected chi connectivity index (χ2v) is 8.21. The lowest BCUT2D eigenvalue weighted by Gasteiger charge is -2.11.